The van der Waals surface area contributed by atoms with E-state index >= 15 is 0 Å². The summed E-state index contributed by atoms with van der Waals surface area (Å²) in [4.78, 5) is 2.57. The Labute approximate surface area is 131 Å². The molecule has 0 spiro atoms. The number of hydrogen-bond acceptors (Lipinski definition) is 3. The first-order valence-electron chi connectivity index (χ1n) is 8.51. The number of nitrogens with two attached hydrogens (primary N) is 2. The van der Waals surface area contributed by atoms with E-state index in [2.05, 4.69) is 60.8 Å². The number of hydrogen-bond donors (Lipinski definition) is 2. The van der Waals surface area contributed by atoms with E-state index in [1.165, 1.54) is 70.1 Å². The van der Waals surface area contributed by atoms with Crippen molar-refractivity contribution >= 4 is 5.69 Å². The largest absolute Gasteiger partial charge is 0.372 e. The summed E-state index contributed by atoms with van der Waals surface area (Å²) in [6.07, 6.45) is 10.8. The molecule has 21 heavy (non-hydrogen) atoms. The predicted octanol–water partition coefficient (Wildman–Crippen LogP) is 4.47. The van der Waals surface area contributed by atoms with Gasteiger partial charge in [-0.1, -0.05) is 70.6 Å². The maximum absolute atomic E-state index is 4.00. The molecule has 0 bridgehead atoms. The molecule has 0 aliphatic rings. The fraction of sp³-hybridized carbons (Fsp3) is 0.667. The minimum Gasteiger partial charge on any atom is -0.372 e. The molecular weight excluding hydrogens is 258 g/mol. The van der Waals surface area contributed by atoms with Crippen LogP contribution in [0.1, 0.15) is 65.2 Å². The first kappa shape index (κ1) is 19.9. The lowest BCUT2D eigenvalue weighted by Crippen LogP contribution is -2.25. The molecule has 4 N–H and O–H groups in total. The second-order valence-corrected chi connectivity index (χ2v) is 5.44. The minimum absolute atomic E-state index is 1.22. The molecule has 0 aliphatic carbocycles. The van der Waals surface area contributed by atoms with Crippen molar-refractivity contribution in [2.24, 2.45) is 11.7 Å². The Balaban J connectivity index is 0.00000191. The van der Waals surface area contributed by atoms with Crippen molar-refractivity contribution in [2.75, 3.05) is 18.0 Å². The van der Waals surface area contributed by atoms with Crippen LogP contribution in [-0.4, -0.2) is 13.1 Å². The van der Waals surface area contributed by atoms with Crippen molar-refractivity contribution in [1.82, 2.24) is 0 Å². The average Bonchev–Trinajstić information content (AvgIpc) is 2.56. The van der Waals surface area contributed by atoms with Gasteiger partial charge in [0, 0.05) is 18.8 Å². The Morgan fingerprint density at radius 3 is 1.62 bits per heavy atom. The van der Waals surface area contributed by atoms with Gasteiger partial charge in [-0.2, -0.15) is 0 Å². The lowest BCUT2D eigenvalue weighted by Gasteiger charge is -2.25. The van der Waals surface area contributed by atoms with Crippen molar-refractivity contribution < 1.29 is 0 Å². The second-order valence-electron chi connectivity index (χ2n) is 5.44. The van der Waals surface area contributed by atoms with Gasteiger partial charge in [0.2, 0.25) is 0 Å². The smallest absolute Gasteiger partial charge is 0.0366 e. The number of hydrazine groups is 1. The zero-order valence-electron chi connectivity index (χ0n) is 14.1. The zero-order valence-corrected chi connectivity index (χ0v) is 14.1. The molecule has 1 rings (SSSR count). The molecule has 0 saturated carbocycles. The van der Waals surface area contributed by atoms with Crippen LogP contribution in [0.2, 0.25) is 0 Å². The molecule has 3 heteroatoms. The van der Waals surface area contributed by atoms with Crippen LogP contribution in [-0.2, 0) is 0 Å². The van der Waals surface area contributed by atoms with Gasteiger partial charge >= 0.3 is 0 Å². The monoisotopic (exact) mass is 293 g/mol. The Morgan fingerprint density at radius 1 is 0.714 bits per heavy atom. The minimum atomic E-state index is 1.22. The molecule has 0 fully saturated rings. The van der Waals surface area contributed by atoms with Crippen molar-refractivity contribution in [3.05, 3.63) is 30.3 Å². The lowest BCUT2D eigenvalue weighted by atomic mass is 10.1. The van der Waals surface area contributed by atoms with E-state index in [0.717, 1.165) is 0 Å². The molecule has 0 unspecified atom stereocenters. The van der Waals surface area contributed by atoms with Gasteiger partial charge in [0.1, 0.15) is 0 Å². The molecular formula is C18H35N3. The van der Waals surface area contributed by atoms with E-state index < -0.39 is 0 Å². The van der Waals surface area contributed by atoms with Gasteiger partial charge in [0.05, 0.1) is 0 Å². The molecule has 0 aromatic heterocycles. The number of unbranched alkanes of at least 4 members (excludes halogenated alkanes) is 6. The van der Waals surface area contributed by atoms with Crippen molar-refractivity contribution in [1.29, 1.82) is 0 Å². The number of rotatable bonds is 11. The second kappa shape index (κ2) is 15.3. The zero-order chi connectivity index (χ0) is 15.8. The fourth-order valence-corrected chi connectivity index (χ4v) is 2.47. The first-order chi connectivity index (χ1) is 10.4. The molecule has 1 aromatic carbocycles. The van der Waals surface area contributed by atoms with Gasteiger partial charge in [-0.05, 0) is 25.0 Å². The first-order valence-corrected chi connectivity index (χ1v) is 8.51. The molecule has 0 heterocycles. The normalized spacial score (nSPS) is 9.90. The maximum Gasteiger partial charge on any atom is 0.0366 e. The van der Waals surface area contributed by atoms with Crippen LogP contribution in [0, 0.1) is 0 Å². The van der Waals surface area contributed by atoms with Crippen LogP contribution >= 0.6 is 0 Å². The third-order valence-electron chi connectivity index (χ3n) is 3.68. The van der Waals surface area contributed by atoms with Crippen molar-refractivity contribution in [2.45, 2.75) is 65.2 Å². The fourth-order valence-electron chi connectivity index (χ4n) is 2.47. The Kier molecular flexibility index (Phi) is 14.6. The standard InChI is InChI=1S/C18H31N.H4N2/c1-3-5-7-12-16-19(17-13-8-6-4-2)18-14-10-9-11-15-18;1-2/h9-11,14-15H,3-8,12-13,16-17H2,1-2H3;1-2H2. The highest BCUT2D eigenvalue weighted by molar-refractivity contribution is 5.45. The van der Waals surface area contributed by atoms with Crippen LogP contribution in [0.3, 0.4) is 0 Å². The van der Waals surface area contributed by atoms with E-state index in [-0.39, 0.29) is 0 Å². The van der Waals surface area contributed by atoms with Crippen molar-refractivity contribution in [3.8, 4) is 0 Å². The molecule has 0 aliphatic heterocycles. The topological polar surface area (TPSA) is 55.3 Å². The van der Waals surface area contributed by atoms with Crippen molar-refractivity contribution in [3.63, 3.8) is 0 Å². The predicted molar refractivity (Wildman–Crippen MR) is 95.3 cm³/mol. The summed E-state index contributed by atoms with van der Waals surface area (Å²) in [6.45, 7) is 6.99. The summed E-state index contributed by atoms with van der Waals surface area (Å²) in [6, 6.07) is 10.9. The number of anilines is 1. The van der Waals surface area contributed by atoms with Crippen LogP contribution in [0.4, 0.5) is 5.69 Å². The molecule has 0 amide bonds. The molecule has 122 valence electrons. The van der Waals surface area contributed by atoms with Crippen LogP contribution in [0.5, 0.6) is 0 Å². The van der Waals surface area contributed by atoms with Gasteiger partial charge in [-0.3, -0.25) is 11.7 Å². The van der Waals surface area contributed by atoms with E-state index in [0.29, 0.717) is 0 Å². The van der Waals surface area contributed by atoms with E-state index in [1.54, 1.807) is 0 Å². The Morgan fingerprint density at radius 2 is 1.19 bits per heavy atom. The SMILES string of the molecule is CCCCCCN(CCCCCC)c1ccccc1.NN. The number of nitrogens with zero attached hydrogens (tertiary/aromatic N) is 1. The average molecular weight is 293 g/mol. The summed E-state index contributed by atoms with van der Waals surface area (Å²) in [5.74, 6) is 8.00. The molecule has 0 atom stereocenters. The Bertz CT molecular complexity index is 289. The highest BCUT2D eigenvalue weighted by atomic mass is 15.1. The Hall–Kier alpha value is -1.06. The van der Waals surface area contributed by atoms with Gasteiger partial charge in [0.15, 0.2) is 0 Å². The highest BCUT2D eigenvalue weighted by Crippen LogP contribution is 2.16. The summed E-state index contributed by atoms with van der Waals surface area (Å²) < 4.78 is 0. The molecule has 0 saturated heterocycles. The lowest BCUT2D eigenvalue weighted by molar-refractivity contribution is 0.609. The summed E-state index contributed by atoms with van der Waals surface area (Å²) in [7, 11) is 0. The number of para-hydroxylation sites is 1. The van der Waals surface area contributed by atoms with Gasteiger partial charge in [0.25, 0.3) is 0 Å². The van der Waals surface area contributed by atoms with Gasteiger partial charge in [-0.15, -0.1) is 0 Å². The highest BCUT2D eigenvalue weighted by Gasteiger charge is 2.05. The van der Waals surface area contributed by atoms with Crippen LogP contribution in [0.15, 0.2) is 30.3 Å². The number of benzene rings is 1. The maximum atomic E-state index is 4.00. The van der Waals surface area contributed by atoms with Gasteiger partial charge < -0.3 is 4.90 Å². The van der Waals surface area contributed by atoms with Crippen LogP contribution in [0.25, 0.3) is 0 Å². The van der Waals surface area contributed by atoms with Crippen LogP contribution < -0.4 is 16.6 Å². The molecule has 0 radical (unpaired) electrons. The van der Waals surface area contributed by atoms with E-state index in [4.69, 9.17) is 0 Å². The van der Waals surface area contributed by atoms with E-state index in [9.17, 15) is 0 Å². The quantitative estimate of drug-likeness (QED) is 0.359. The summed E-state index contributed by atoms with van der Waals surface area (Å²) in [5.41, 5.74) is 1.40. The third kappa shape index (κ3) is 10.3. The van der Waals surface area contributed by atoms with Gasteiger partial charge in [-0.25, -0.2) is 0 Å². The van der Waals surface area contributed by atoms with E-state index in [1.807, 2.05) is 0 Å². The third-order valence-corrected chi connectivity index (χ3v) is 3.68. The molecule has 3 nitrogen and oxygen atoms in total. The summed E-state index contributed by atoms with van der Waals surface area (Å²) >= 11 is 0. The molecule has 1 aromatic rings. The summed E-state index contributed by atoms with van der Waals surface area (Å²) in [5, 5.41) is 0.